The van der Waals surface area contributed by atoms with E-state index in [1.54, 1.807) is 0 Å². The van der Waals surface area contributed by atoms with Crippen molar-refractivity contribution >= 4 is 55.7 Å². The molecule has 0 spiro atoms. The highest BCUT2D eigenvalue weighted by Crippen LogP contribution is 2.38. The highest BCUT2D eigenvalue weighted by atomic mass is 35.5. The number of anilines is 2. The average Bonchev–Trinajstić information content (AvgIpc) is 3.03. The minimum atomic E-state index is -4.78. The lowest BCUT2D eigenvalue weighted by Crippen LogP contribution is -2.30. The molecule has 238 valence electrons. The van der Waals surface area contributed by atoms with Crippen LogP contribution in [-0.4, -0.2) is 47.2 Å². The second-order valence-corrected chi connectivity index (χ2v) is 13.5. The van der Waals surface area contributed by atoms with Crippen molar-refractivity contribution in [3.05, 3.63) is 99.2 Å². The van der Waals surface area contributed by atoms with Crippen molar-refractivity contribution in [3.63, 3.8) is 0 Å². The fourth-order valence-electron chi connectivity index (χ4n) is 5.44. The van der Waals surface area contributed by atoms with Crippen LogP contribution in [0.1, 0.15) is 24.3 Å². The molecule has 0 bridgehead atoms. The molecule has 1 aliphatic heterocycles. The zero-order chi connectivity index (χ0) is 32.6. The fourth-order valence-corrected chi connectivity index (χ4v) is 7.56. The number of halogens is 5. The summed E-state index contributed by atoms with van der Waals surface area (Å²) in [5.74, 6) is 0.388. The Balaban J connectivity index is 1.39. The number of pyridine rings is 2. The number of aromatic nitrogens is 4. The zero-order valence-corrected chi connectivity index (χ0v) is 26.2. The van der Waals surface area contributed by atoms with E-state index in [1.807, 2.05) is 24.3 Å². The molecule has 46 heavy (non-hydrogen) atoms. The molecule has 2 N–H and O–H groups in total. The predicted octanol–water partition coefficient (Wildman–Crippen LogP) is 6.77. The summed E-state index contributed by atoms with van der Waals surface area (Å²) >= 11 is 12.9. The smallest absolute Gasteiger partial charge is 0.324 e. The van der Waals surface area contributed by atoms with E-state index in [1.165, 1.54) is 42.4 Å². The maximum Gasteiger partial charge on any atom is 0.406 e. The van der Waals surface area contributed by atoms with Crippen LogP contribution in [0.25, 0.3) is 22.2 Å². The van der Waals surface area contributed by atoms with Gasteiger partial charge in [0.2, 0.25) is 15.8 Å². The van der Waals surface area contributed by atoms with Crippen molar-refractivity contribution in [2.24, 2.45) is 0 Å². The second kappa shape index (κ2) is 12.6. The Kier molecular flexibility index (Phi) is 8.77. The molecule has 1 aliphatic rings. The molecule has 0 saturated carbocycles. The van der Waals surface area contributed by atoms with Crippen LogP contribution in [0.15, 0.2) is 87.8 Å². The van der Waals surface area contributed by atoms with E-state index in [-0.39, 0.29) is 47.9 Å². The Hall–Kier alpha value is -4.04. The van der Waals surface area contributed by atoms with Gasteiger partial charge in [0.25, 0.3) is 5.56 Å². The number of hydrogen-bond donors (Lipinski definition) is 2. The van der Waals surface area contributed by atoms with Gasteiger partial charge in [0, 0.05) is 41.8 Å². The van der Waals surface area contributed by atoms with Gasteiger partial charge in [-0.25, -0.2) is 13.4 Å². The summed E-state index contributed by atoms with van der Waals surface area (Å²) in [5.41, 5.74) is 0.0377. The number of benzene rings is 2. The number of fused-ring (bicyclic) bond motifs is 1. The van der Waals surface area contributed by atoms with Gasteiger partial charge in [-0.3, -0.25) is 14.3 Å². The highest BCUT2D eigenvalue weighted by molar-refractivity contribution is 7.91. The van der Waals surface area contributed by atoms with Crippen molar-refractivity contribution in [1.29, 1.82) is 0 Å². The van der Waals surface area contributed by atoms with Gasteiger partial charge >= 0.3 is 6.18 Å². The summed E-state index contributed by atoms with van der Waals surface area (Å²) in [6, 6.07) is 13.7. The summed E-state index contributed by atoms with van der Waals surface area (Å²) < 4.78 is 68.1. The Morgan fingerprint density at radius 2 is 1.70 bits per heavy atom. The monoisotopic (exact) mass is 688 g/mol. The lowest BCUT2D eigenvalue weighted by atomic mass is 9.92. The Morgan fingerprint density at radius 3 is 2.33 bits per heavy atom. The molecule has 1 atom stereocenters. The summed E-state index contributed by atoms with van der Waals surface area (Å²) in [7, 11) is -4.07. The van der Waals surface area contributed by atoms with Crippen LogP contribution >= 0.6 is 23.2 Å². The number of nitrogens with one attached hydrogen (secondary N) is 2. The zero-order valence-electron chi connectivity index (χ0n) is 23.9. The second-order valence-electron chi connectivity index (χ2n) is 10.8. The molecule has 1 unspecified atom stereocenters. The lowest BCUT2D eigenvalue weighted by Gasteiger charge is -2.23. The Morgan fingerprint density at radius 1 is 1.00 bits per heavy atom. The van der Waals surface area contributed by atoms with Crippen LogP contribution in [0.3, 0.4) is 0 Å². The molecule has 0 amide bonds. The van der Waals surface area contributed by atoms with E-state index in [2.05, 4.69) is 25.6 Å². The summed E-state index contributed by atoms with van der Waals surface area (Å²) in [6.45, 7) is 0.241. The van der Waals surface area contributed by atoms with Gasteiger partial charge in [0.05, 0.1) is 25.4 Å². The molecular formula is C31H25Cl2F3N6O3S. The van der Waals surface area contributed by atoms with Crippen molar-refractivity contribution in [1.82, 2.24) is 24.8 Å². The maximum atomic E-state index is 13.8. The summed E-state index contributed by atoms with van der Waals surface area (Å²) in [5, 5.41) is 5.98. The Bertz CT molecular complexity index is 2070. The van der Waals surface area contributed by atoms with Gasteiger partial charge in [-0.05, 0) is 73.3 Å². The van der Waals surface area contributed by atoms with E-state index in [4.69, 9.17) is 23.2 Å². The van der Waals surface area contributed by atoms with Crippen LogP contribution in [0.5, 0.6) is 0 Å². The van der Waals surface area contributed by atoms with Crippen LogP contribution in [0.4, 0.5) is 24.8 Å². The molecule has 6 rings (SSSR count). The molecule has 0 radical (unpaired) electrons. The SMILES string of the molecule is O=c1c(-c2c(Cl)cc(S(=O)(=O)c3ccncc3)cc2Cl)cc2cnc(Nc3ccc(C4CCCNC4)cc3)nc2n1CC(F)(F)F. The number of hydrogen-bond acceptors (Lipinski definition) is 8. The quantitative estimate of drug-likeness (QED) is 0.192. The van der Waals surface area contributed by atoms with Crippen LogP contribution < -0.4 is 16.2 Å². The number of alkyl halides is 3. The molecule has 0 aliphatic carbocycles. The molecule has 2 aromatic carbocycles. The van der Waals surface area contributed by atoms with Gasteiger partial charge in [-0.15, -0.1) is 0 Å². The number of rotatable bonds is 7. The number of nitrogens with zero attached hydrogens (tertiary/aromatic N) is 4. The molecule has 9 nitrogen and oxygen atoms in total. The van der Waals surface area contributed by atoms with E-state index < -0.39 is 28.1 Å². The highest BCUT2D eigenvalue weighted by Gasteiger charge is 2.31. The topological polar surface area (TPSA) is 119 Å². The first-order valence-corrected chi connectivity index (χ1v) is 16.3. The van der Waals surface area contributed by atoms with Crippen molar-refractivity contribution in [2.75, 3.05) is 18.4 Å². The van der Waals surface area contributed by atoms with E-state index in [0.29, 0.717) is 16.2 Å². The molecule has 1 saturated heterocycles. The lowest BCUT2D eigenvalue weighted by molar-refractivity contribution is -0.140. The van der Waals surface area contributed by atoms with Gasteiger partial charge in [0.15, 0.2) is 0 Å². The number of sulfone groups is 1. The molecule has 3 aromatic heterocycles. The predicted molar refractivity (Wildman–Crippen MR) is 170 cm³/mol. The molecule has 4 heterocycles. The summed E-state index contributed by atoms with van der Waals surface area (Å²) in [4.78, 5) is 25.7. The largest absolute Gasteiger partial charge is 0.406 e. The van der Waals surface area contributed by atoms with Crippen LogP contribution in [0.2, 0.25) is 10.0 Å². The van der Waals surface area contributed by atoms with Crippen molar-refractivity contribution < 1.29 is 21.6 Å². The first-order valence-electron chi connectivity index (χ1n) is 14.1. The van der Waals surface area contributed by atoms with E-state index >= 15 is 0 Å². The van der Waals surface area contributed by atoms with Crippen LogP contribution in [-0.2, 0) is 16.4 Å². The Labute approximate surface area is 271 Å². The van der Waals surface area contributed by atoms with E-state index in [9.17, 15) is 26.4 Å². The average molecular weight is 690 g/mol. The molecule has 15 heteroatoms. The van der Waals surface area contributed by atoms with Crippen molar-refractivity contribution in [2.45, 2.75) is 41.3 Å². The van der Waals surface area contributed by atoms with Gasteiger partial charge in [-0.2, -0.15) is 18.2 Å². The third kappa shape index (κ3) is 6.59. The van der Waals surface area contributed by atoms with Gasteiger partial charge in [-0.1, -0.05) is 35.3 Å². The molecule has 5 aromatic rings. The minimum Gasteiger partial charge on any atom is -0.324 e. The third-order valence-electron chi connectivity index (χ3n) is 7.65. The van der Waals surface area contributed by atoms with Gasteiger partial charge < -0.3 is 10.6 Å². The number of piperidine rings is 1. The maximum absolute atomic E-state index is 13.8. The first kappa shape index (κ1) is 31.9. The van der Waals surface area contributed by atoms with Gasteiger partial charge in [0.1, 0.15) is 12.2 Å². The van der Waals surface area contributed by atoms with Crippen LogP contribution in [0, 0.1) is 0 Å². The van der Waals surface area contributed by atoms with Crippen molar-refractivity contribution in [3.8, 4) is 11.1 Å². The molecule has 1 fully saturated rings. The normalized spacial score (nSPS) is 15.6. The molecular weight excluding hydrogens is 664 g/mol. The standard InChI is InChI=1S/C31H25Cl2F3N6O3S/c32-25-13-23(46(44,45)22-7-10-37-11-8-22)14-26(33)27(25)24-12-20-16-39-30(41-28(20)42(29(24)43)17-31(34,35)36)40-21-5-3-18(4-6-21)19-2-1-9-38-15-19/h3-8,10-14,16,19,38H,1-2,9,15,17H2,(H,39,40,41). The summed E-state index contributed by atoms with van der Waals surface area (Å²) in [6.07, 6.45) is 1.28. The minimum absolute atomic E-state index is 0.00982. The first-order chi connectivity index (χ1) is 21.9. The third-order valence-corrected chi connectivity index (χ3v) is 10.0. The van der Waals surface area contributed by atoms with E-state index in [0.717, 1.165) is 38.1 Å². The fraction of sp³-hybridized carbons (Fsp3) is 0.226.